The number of fused-ring (bicyclic) bond motifs is 1. The van der Waals surface area contributed by atoms with Crippen molar-refractivity contribution in [2.45, 2.75) is 58.2 Å². The van der Waals surface area contributed by atoms with Crippen LogP contribution < -0.4 is 9.64 Å². The van der Waals surface area contributed by atoms with Gasteiger partial charge in [-0.2, -0.15) is 10.2 Å². The normalized spacial score (nSPS) is 23.9. The summed E-state index contributed by atoms with van der Waals surface area (Å²) in [6.07, 6.45) is 11.4. The van der Waals surface area contributed by atoms with Gasteiger partial charge in [0.05, 0.1) is 23.6 Å². The first kappa shape index (κ1) is 33.9. The molecule has 1 unspecified atom stereocenters. The van der Waals surface area contributed by atoms with Crippen molar-refractivity contribution in [2.75, 3.05) is 44.2 Å². The highest BCUT2D eigenvalue weighted by molar-refractivity contribution is 6.03. The Morgan fingerprint density at radius 2 is 1.92 bits per heavy atom. The first-order chi connectivity index (χ1) is 25.0. The molecule has 1 aliphatic carbocycles. The Kier molecular flexibility index (Phi) is 8.56. The molecule has 0 radical (unpaired) electrons. The number of likely N-dealkylation sites (tertiary alicyclic amines) is 1. The first-order valence-corrected chi connectivity index (χ1v) is 18.1. The molecule has 1 spiro atoms. The predicted molar refractivity (Wildman–Crippen MR) is 196 cm³/mol. The maximum Gasteiger partial charge on any atom is 0.237 e. The third-order valence-electron chi connectivity index (χ3n) is 10.9. The summed E-state index contributed by atoms with van der Waals surface area (Å²) in [7, 11) is 1.79. The maximum absolute atomic E-state index is 15.9. The zero-order valence-corrected chi connectivity index (χ0v) is 30.1. The number of pyridine rings is 1. The Labute approximate surface area is 302 Å². The van der Waals surface area contributed by atoms with Crippen LogP contribution in [0.25, 0.3) is 27.7 Å². The van der Waals surface area contributed by atoms with Crippen molar-refractivity contribution < 1.29 is 18.7 Å². The molecular weight excluding hydrogens is 661 g/mol. The number of halogens is 1. The largest absolute Gasteiger partial charge is 0.475 e. The number of carbonyl (C=O) groups excluding carboxylic acids is 2. The van der Waals surface area contributed by atoms with Gasteiger partial charge in [0.1, 0.15) is 17.7 Å². The van der Waals surface area contributed by atoms with Crippen molar-refractivity contribution >= 4 is 34.0 Å². The number of hydrogen-bond acceptors (Lipinski definition) is 8. The SMILES string of the molecule is CC(C)Oc1ccc(-c2n[nH]c3ccc(N4CC[C@]5(CCN(CC(=O)N6CC=C(C7=CC=C(c8ncn(C)n8)CC7(C)F)CC6)C5)C4=O)cc23)cn1. The smallest absolute Gasteiger partial charge is 0.237 e. The molecule has 2 atom stereocenters. The predicted octanol–water partition coefficient (Wildman–Crippen LogP) is 5.27. The second kappa shape index (κ2) is 13.1. The van der Waals surface area contributed by atoms with Crippen molar-refractivity contribution in [3.8, 4) is 17.1 Å². The molecule has 52 heavy (non-hydrogen) atoms. The first-order valence-electron chi connectivity index (χ1n) is 18.1. The Morgan fingerprint density at radius 1 is 1.08 bits per heavy atom. The van der Waals surface area contributed by atoms with Gasteiger partial charge in [0, 0.05) is 74.1 Å². The molecule has 2 saturated heterocycles. The molecule has 13 heteroatoms. The number of benzene rings is 1. The number of nitrogens with one attached hydrogen (secondary N) is 1. The van der Waals surface area contributed by atoms with Gasteiger partial charge in [-0.3, -0.25) is 24.3 Å². The van der Waals surface area contributed by atoms with Gasteiger partial charge in [-0.05, 0) is 82.0 Å². The minimum absolute atomic E-state index is 0.0350. The van der Waals surface area contributed by atoms with Gasteiger partial charge in [-0.25, -0.2) is 14.4 Å². The summed E-state index contributed by atoms with van der Waals surface area (Å²) in [5.41, 5.74) is 3.68. The fourth-order valence-electron chi connectivity index (χ4n) is 8.14. The number of amides is 2. The van der Waals surface area contributed by atoms with Crippen LogP contribution in [0.3, 0.4) is 0 Å². The number of allylic oxidation sites excluding steroid dienone is 4. The number of carbonyl (C=O) groups is 2. The lowest BCUT2D eigenvalue weighted by Gasteiger charge is -2.34. The van der Waals surface area contributed by atoms with E-state index in [1.807, 2.05) is 72.2 Å². The second-order valence-corrected chi connectivity index (χ2v) is 15.0. The fraction of sp³-hybridized carbons (Fsp3) is 0.436. The van der Waals surface area contributed by atoms with E-state index in [0.717, 1.165) is 51.8 Å². The van der Waals surface area contributed by atoms with Gasteiger partial charge < -0.3 is 14.5 Å². The van der Waals surface area contributed by atoms with Crippen LogP contribution in [0.4, 0.5) is 10.1 Å². The van der Waals surface area contributed by atoms with Crippen LogP contribution in [-0.4, -0.2) is 103 Å². The molecule has 0 bridgehead atoms. The van der Waals surface area contributed by atoms with Crippen LogP contribution >= 0.6 is 0 Å². The van der Waals surface area contributed by atoms with E-state index in [1.54, 1.807) is 31.2 Å². The number of H-pyrrole nitrogens is 1. The molecule has 1 aromatic carbocycles. The summed E-state index contributed by atoms with van der Waals surface area (Å²) < 4.78 is 23.3. The number of ether oxygens (including phenoxy) is 1. The van der Waals surface area contributed by atoms with Gasteiger partial charge in [0.25, 0.3) is 0 Å². The molecule has 12 nitrogen and oxygen atoms in total. The standard InChI is InChI=1S/C39H44FN9O3/c1-25(2)52-33-10-6-28(21-41-33)35-30-19-29(7-9-32(30)43-44-35)49-18-14-39(37(49)51)13-17-47(23-39)22-34(50)48-15-11-26(12-16-48)31-8-5-27(20-38(31,3)40)36-42-24-46(4)45-36/h5-11,19,21,24-25H,12-18,20,22-23H2,1-4H3,(H,43,44)/t38?,39-/m0/s1. The molecule has 0 saturated carbocycles. The third-order valence-corrected chi connectivity index (χ3v) is 10.9. The third kappa shape index (κ3) is 6.31. The van der Waals surface area contributed by atoms with E-state index in [2.05, 4.69) is 30.2 Å². The molecular formula is C39H44FN9O3. The summed E-state index contributed by atoms with van der Waals surface area (Å²) in [6, 6.07) is 9.75. The molecule has 3 aliphatic heterocycles. The van der Waals surface area contributed by atoms with Crippen molar-refractivity contribution in [3.05, 3.63) is 78.1 Å². The average Bonchev–Trinajstić information content (AvgIpc) is 3.92. The van der Waals surface area contributed by atoms with Crippen LogP contribution in [0.5, 0.6) is 5.88 Å². The quantitative estimate of drug-likeness (QED) is 0.263. The molecule has 1 N–H and O–H groups in total. The number of aromatic nitrogens is 6. The van der Waals surface area contributed by atoms with Crippen LogP contribution in [0.1, 0.15) is 52.3 Å². The van der Waals surface area contributed by atoms with Gasteiger partial charge in [0.2, 0.25) is 17.7 Å². The number of aryl methyl sites for hydroxylation is 1. The highest BCUT2D eigenvalue weighted by Gasteiger charge is 2.51. The molecule has 2 amide bonds. The summed E-state index contributed by atoms with van der Waals surface area (Å²) in [5.74, 6) is 1.26. The zero-order valence-electron chi connectivity index (χ0n) is 30.1. The molecule has 6 heterocycles. The van der Waals surface area contributed by atoms with Gasteiger partial charge in [-0.15, -0.1) is 0 Å². The van der Waals surface area contributed by atoms with E-state index in [9.17, 15) is 9.59 Å². The van der Waals surface area contributed by atoms with E-state index in [0.29, 0.717) is 56.4 Å². The minimum atomic E-state index is -1.55. The number of alkyl halides is 1. The van der Waals surface area contributed by atoms with Crippen LogP contribution in [-0.2, 0) is 16.6 Å². The van der Waals surface area contributed by atoms with Crippen molar-refractivity contribution in [1.29, 1.82) is 0 Å². The van der Waals surface area contributed by atoms with Crippen LogP contribution in [0.15, 0.2) is 72.2 Å². The molecule has 4 aromatic rings. The fourth-order valence-corrected chi connectivity index (χ4v) is 8.14. The molecule has 4 aliphatic rings. The van der Waals surface area contributed by atoms with E-state index < -0.39 is 11.1 Å². The number of aromatic amines is 1. The molecule has 8 rings (SSSR count). The number of hydrogen-bond donors (Lipinski definition) is 1. The molecule has 270 valence electrons. The maximum atomic E-state index is 15.9. The zero-order chi connectivity index (χ0) is 36.2. The van der Waals surface area contributed by atoms with Crippen molar-refractivity contribution in [3.63, 3.8) is 0 Å². The van der Waals surface area contributed by atoms with E-state index in [4.69, 9.17) is 4.74 Å². The molecule has 3 aromatic heterocycles. The minimum Gasteiger partial charge on any atom is -0.475 e. The Morgan fingerprint density at radius 3 is 2.63 bits per heavy atom. The van der Waals surface area contributed by atoms with E-state index >= 15 is 4.39 Å². The van der Waals surface area contributed by atoms with Crippen LogP contribution in [0.2, 0.25) is 0 Å². The van der Waals surface area contributed by atoms with Gasteiger partial charge in [0.15, 0.2) is 5.82 Å². The van der Waals surface area contributed by atoms with Crippen molar-refractivity contribution in [2.24, 2.45) is 12.5 Å². The summed E-state index contributed by atoms with van der Waals surface area (Å²) in [4.78, 5) is 42.1. The second-order valence-electron chi connectivity index (χ2n) is 15.0. The topological polar surface area (TPSA) is 125 Å². The van der Waals surface area contributed by atoms with Crippen molar-refractivity contribution in [1.82, 2.24) is 39.7 Å². The van der Waals surface area contributed by atoms with E-state index in [1.165, 1.54) is 0 Å². The highest BCUT2D eigenvalue weighted by atomic mass is 19.1. The average molecular weight is 706 g/mol. The lowest BCUT2D eigenvalue weighted by molar-refractivity contribution is -0.132. The Bertz CT molecular complexity index is 2130. The monoisotopic (exact) mass is 705 g/mol. The summed E-state index contributed by atoms with van der Waals surface area (Å²) in [5, 5.41) is 12.9. The Balaban J connectivity index is 0.897. The van der Waals surface area contributed by atoms with Crippen LogP contribution in [0, 0.1) is 5.41 Å². The highest BCUT2D eigenvalue weighted by Crippen LogP contribution is 2.44. The Hall–Kier alpha value is -5.17. The number of rotatable bonds is 8. The van der Waals surface area contributed by atoms with E-state index in [-0.39, 0.29) is 30.9 Å². The van der Waals surface area contributed by atoms with Gasteiger partial charge >= 0.3 is 0 Å². The lowest BCUT2D eigenvalue weighted by Crippen LogP contribution is -2.43. The number of anilines is 1. The molecule has 2 fully saturated rings. The number of nitrogens with zero attached hydrogens (tertiary/aromatic N) is 8. The summed E-state index contributed by atoms with van der Waals surface area (Å²) >= 11 is 0. The van der Waals surface area contributed by atoms with Gasteiger partial charge in [-0.1, -0.05) is 18.2 Å². The summed E-state index contributed by atoms with van der Waals surface area (Å²) in [6.45, 7) is 8.66. The lowest BCUT2D eigenvalue weighted by atomic mass is 9.80.